The zero-order chi connectivity index (χ0) is 42.6. The summed E-state index contributed by atoms with van der Waals surface area (Å²) in [6, 6.07) is 82.7. The van der Waals surface area contributed by atoms with Crippen LogP contribution in [0.3, 0.4) is 0 Å². The molecule has 2 heteroatoms. The van der Waals surface area contributed by atoms with Crippen LogP contribution in [-0.4, -0.2) is 0 Å². The van der Waals surface area contributed by atoms with Crippen molar-refractivity contribution in [3.8, 4) is 56.0 Å². The van der Waals surface area contributed by atoms with Gasteiger partial charge in [0.05, 0.1) is 11.1 Å². The Morgan fingerprint density at radius 3 is 1.67 bits per heavy atom. The second kappa shape index (κ2) is 13.8. The Hall–Kier alpha value is -7.94. The molecule has 0 saturated heterocycles. The lowest BCUT2D eigenvalue weighted by Crippen LogP contribution is -2.32. The van der Waals surface area contributed by atoms with Crippen LogP contribution in [0.2, 0.25) is 0 Å². The summed E-state index contributed by atoms with van der Waals surface area (Å²) in [4.78, 5) is 2.49. The minimum Gasteiger partial charge on any atom is -0.457 e. The van der Waals surface area contributed by atoms with Crippen molar-refractivity contribution in [2.75, 3.05) is 4.90 Å². The minimum atomic E-state index is -0.639. The lowest BCUT2D eigenvalue weighted by Gasteiger charge is -2.40. The minimum absolute atomic E-state index is 0.155. The second-order valence-corrected chi connectivity index (χ2v) is 18.0. The van der Waals surface area contributed by atoms with Gasteiger partial charge in [-0.25, -0.2) is 0 Å². The topological polar surface area (TPSA) is 12.5 Å². The molecule has 302 valence electrons. The maximum absolute atomic E-state index is 7.00. The van der Waals surface area contributed by atoms with Crippen molar-refractivity contribution in [2.24, 2.45) is 0 Å². The van der Waals surface area contributed by atoms with Crippen LogP contribution in [0.1, 0.15) is 47.2 Å². The lowest BCUT2D eigenvalue weighted by atomic mass is 9.66. The summed E-state index contributed by atoms with van der Waals surface area (Å²) in [6.07, 6.45) is 0. The second-order valence-electron chi connectivity index (χ2n) is 18.0. The van der Waals surface area contributed by atoms with Crippen LogP contribution in [0.5, 0.6) is 11.5 Å². The van der Waals surface area contributed by atoms with Crippen molar-refractivity contribution >= 4 is 27.8 Å². The van der Waals surface area contributed by atoms with E-state index in [4.69, 9.17) is 4.74 Å². The van der Waals surface area contributed by atoms with E-state index in [9.17, 15) is 0 Å². The summed E-state index contributed by atoms with van der Waals surface area (Å²) in [7, 11) is 0. The van der Waals surface area contributed by atoms with E-state index in [0.717, 1.165) is 45.3 Å². The smallest absolute Gasteiger partial charge is 0.132 e. The Labute approximate surface area is 374 Å². The molecule has 2 nitrogen and oxygen atoms in total. The summed E-state index contributed by atoms with van der Waals surface area (Å²) < 4.78 is 7.00. The number of ether oxygens (including phenoxy) is 1. The molecule has 1 spiro atoms. The number of hydrogen-bond acceptors (Lipinski definition) is 2. The standard InChI is InChI=1S/C62H43NO/c1-61(2)52-23-11-8-21-48(52)50-33-31-45(38-56(50)61)63(58-26-14-10-20-47(58)41-17-4-3-5-18-41)46-32-34-51-49-22-9-12-24-53(49)62(57(51)39-46)54-25-13-15-27-59(54)64-60-37-44(30-35-55(60)62)43-29-28-40-16-6-7-19-42(40)36-43/h3-39H,1-2H3. The van der Waals surface area contributed by atoms with E-state index in [1.165, 1.54) is 72.0 Å². The Morgan fingerprint density at radius 1 is 0.328 bits per heavy atom. The first-order valence-corrected chi connectivity index (χ1v) is 22.3. The van der Waals surface area contributed by atoms with Crippen molar-refractivity contribution in [1.82, 2.24) is 0 Å². The average Bonchev–Trinajstić information content (AvgIpc) is 3.76. The molecular formula is C62H43NO. The summed E-state index contributed by atoms with van der Waals surface area (Å²) in [6.45, 7) is 4.73. The number of anilines is 3. The van der Waals surface area contributed by atoms with E-state index in [1.807, 2.05) is 0 Å². The Kier molecular flexibility index (Phi) is 7.90. The summed E-state index contributed by atoms with van der Waals surface area (Å²) in [5.41, 5.74) is 19.8. The fourth-order valence-electron chi connectivity index (χ4n) is 11.4. The van der Waals surface area contributed by atoms with Crippen molar-refractivity contribution in [2.45, 2.75) is 24.7 Å². The Balaban J connectivity index is 1.06. The maximum Gasteiger partial charge on any atom is 0.132 e. The molecule has 3 aliphatic rings. The van der Waals surface area contributed by atoms with Crippen LogP contribution >= 0.6 is 0 Å². The SMILES string of the molecule is CC1(C)c2ccccc2-c2ccc(N(c3ccc4c(c3)C3(c5ccccc5Oc5cc(-c6ccc7ccccc7c6)ccc53)c3ccccc3-4)c3ccccc3-c3ccccc3)cc21. The van der Waals surface area contributed by atoms with Gasteiger partial charge in [-0.1, -0.05) is 190 Å². The zero-order valence-electron chi connectivity index (χ0n) is 35.7. The normalized spacial score (nSPS) is 15.7. The molecule has 13 rings (SSSR count). The molecule has 0 saturated carbocycles. The molecule has 0 radical (unpaired) electrons. The molecule has 10 aromatic carbocycles. The van der Waals surface area contributed by atoms with E-state index in [2.05, 4.69) is 243 Å². The van der Waals surface area contributed by atoms with Crippen LogP contribution in [0, 0.1) is 0 Å². The van der Waals surface area contributed by atoms with Crippen molar-refractivity contribution in [3.63, 3.8) is 0 Å². The Bertz CT molecular complexity index is 3530. The van der Waals surface area contributed by atoms with Gasteiger partial charge in [-0.15, -0.1) is 0 Å². The molecular weight excluding hydrogens is 775 g/mol. The van der Waals surface area contributed by atoms with Crippen LogP contribution in [-0.2, 0) is 10.8 Å². The number of hydrogen-bond donors (Lipinski definition) is 0. The highest BCUT2D eigenvalue weighted by molar-refractivity contribution is 5.95. The van der Waals surface area contributed by atoms with Crippen molar-refractivity contribution in [1.29, 1.82) is 0 Å². The predicted molar refractivity (Wildman–Crippen MR) is 264 cm³/mol. The molecule has 1 atom stereocenters. The number of rotatable bonds is 5. The zero-order valence-corrected chi connectivity index (χ0v) is 35.7. The van der Waals surface area contributed by atoms with Gasteiger partial charge in [0.25, 0.3) is 0 Å². The highest BCUT2D eigenvalue weighted by Crippen LogP contribution is 2.63. The molecule has 1 aliphatic heterocycles. The predicted octanol–water partition coefficient (Wildman–Crippen LogP) is 16.4. The van der Waals surface area contributed by atoms with E-state index in [-0.39, 0.29) is 5.41 Å². The van der Waals surface area contributed by atoms with E-state index in [1.54, 1.807) is 0 Å². The fraction of sp³-hybridized carbons (Fsp3) is 0.0645. The third-order valence-electron chi connectivity index (χ3n) is 14.3. The molecule has 1 unspecified atom stereocenters. The summed E-state index contributed by atoms with van der Waals surface area (Å²) in [5, 5.41) is 2.46. The first kappa shape index (κ1) is 36.7. The molecule has 0 aromatic heterocycles. The highest BCUT2D eigenvalue weighted by atomic mass is 16.5. The number of fused-ring (bicyclic) bond motifs is 13. The highest BCUT2D eigenvalue weighted by Gasteiger charge is 2.51. The molecule has 0 fully saturated rings. The number of para-hydroxylation sites is 2. The van der Waals surface area contributed by atoms with E-state index in [0.29, 0.717) is 0 Å². The summed E-state index contributed by atoms with van der Waals surface area (Å²) in [5.74, 6) is 1.76. The van der Waals surface area contributed by atoms with Gasteiger partial charge in [-0.2, -0.15) is 0 Å². The van der Waals surface area contributed by atoms with Gasteiger partial charge in [-0.05, 0) is 121 Å². The third kappa shape index (κ3) is 5.20. The van der Waals surface area contributed by atoms with Crippen LogP contribution in [0.25, 0.3) is 55.3 Å². The molecule has 0 N–H and O–H groups in total. The Morgan fingerprint density at radius 2 is 0.875 bits per heavy atom. The lowest BCUT2D eigenvalue weighted by molar-refractivity contribution is 0.436. The van der Waals surface area contributed by atoms with Gasteiger partial charge >= 0.3 is 0 Å². The molecule has 64 heavy (non-hydrogen) atoms. The molecule has 1 heterocycles. The molecule has 0 bridgehead atoms. The van der Waals surface area contributed by atoms with Crippen LogP contribution in [0.15, 0.2) is 224 Å². The van der Waals surface area contributed by atoms with E-state index >= 15 is 0 Å². The maximum atomic E-state index is 7.00. The quantitative estimate of drug-likeness (QED) is 0.172. The van der Waals surface area contributed by atoms with Crippen molar-refractivity contribution < 1.29 is 4.74 Å². The molecule has 10 aromatic rings. The first-order valence-electron chi connectivity index (χ1n) is 22.3. The van der Waals surface area contributed by atoms with Gasteiger partial charge < -0.3 is 9.64 Å². The largest absolute Gasteiger partial charge is 0.457 e. The van der Waals surface area contributed by atoms with Crippen molar-refractivity contribution in [3.05, 3.63) is 258 Å². The van der Waals surface area contributed by atoms with Gasteiger partial charge in [0.1, 0.15) is 11.5 Å². The van der Waals surface area contributed by atoms with E-state index < -0.39 is 5.41 Å². The van der Waals surface area contributed by atoms with Gasteiger partial charge in [0.15, 0.2) is 0 Å². The first-order chi connectivity index (χ1) is 31.5. The van der Waals surface area contributed by atoms with Crippen LogP contribution in [0.4, 0.5) is 17.1 Å². The van der Waals surface area contributed by atoms with Gasteiger partial charge in [-0.3, -0.25) is 0 Å². The fourth-order valence-corrected chi connectivity index (χ4v) is 11.4. The van der Waals surface area contributed by atoms with Crippen LogP contribution < -0.4 is 9.64 Å². The average molecular weight is 818 g/mol. The third-order valence-corrected chi connectivity index (χ3v) is 14.3. The number of nitrogens with zero attached hydrogens (tertiary/aromatic N) is 1. The monoisotopic (exact) mass is 817 g/mol. The molecule has 2 aliphatic carbocycles. The summed E-state index contributed by atoms with van der Waals surface area (Å²) >= 11 is 0. The number of benzene rings is 10. The molecule has 0 amide bonds. The van der Waals surface area contributed by atoms with Gasteiger partial charge in [0.2, 0.25) is 0 Å². The van der Waals surface area contributed by atoms with Gasteiger partial charge in [0, 0.05) is 33.5 Å².